The second-order valence-corrected chi connectivity index (χ2v) is 6.27. The fourth-order valence-corrected chi connectivity index (χ4v) is 2.53. The van der Waals surface area contributed by atoms with Crippen LogP contribution in [0.3, 0.4) is 0 Å². The number of carbonyl (C=O) groups is 2. The second kappa shape index (κ2) is 6.22. The number of carbonyl (C=O) groups excluding carboxylic acids is 2. The summed E-state index contributed by atoms with van der Waals surface area (Å²) in [6.07, 6.45) is 2.46. The van der Waals surface area contributed by atoms with Crippen molar-refractivity contribution in [3.8, 4) is 0 Å². The van der Waals surface area contributed by atoms with E-state index < -0.39 is 5.60 Å². The van der Waals surface area contributed by atoms with Gasteiger partial charge in [-0.2, -0.15) is 0 Å². The Morgan fingerprint density at radius 1 is 1.32 bits per heavy atom. The first-order chi connectivity index (χ1) is 8.71. The Bertz CT molecular complexity index is 365. The molecule has 0 spiro atoms. The van der Waals surface area contributed by atoms with Gasteiger partial charge in [0.2, 0.25) is 0 Å². The van der Waals surface area contributed by atoms with Crippen molar-refractivity contribution in [1.29, 1.82) is 0 Å². The molecule has 0 saturated heterocycles. The third-order valence-electron chi connectivity index (χ3n) is 3.14. The van der Waals surface area contributed by atoms with Crippen LogP contribution < -0.4 is 0 Å². The average Bonchev–Trinajstić information content (AvgIpc) is 2.24. The molecule has 1 saturated carbocycles. The van der Waals surface area contributed by atoms with Crippen LogP contribution in [0.4, 0.5) is 0 Å². The fourth-order valence-electron chi connectivity index (χ4n) is 2.53. The Morgan fingerprint density at radius 3 is 2.47 bits per heavy atom. The monoisotopic (exact) mass is 268 g/mol. The standard InChI is InChI=1S/C15H24O4/c1-10-6-11(8-12(7-10)14(17)18-5)9-13(16)19-15(2,3)4/h11-12H,1,6-9H2,2-5H3. The van der Waals surface area contributed by atoms with E-state index in [0.717, 1.165) is 12.0 Å². The summed E-state index contributed by atoms with van der Waals surface area (Å²) >= 11 is 0. The SMILES string of the molecule is C=C1CC(CC(=O)OC(C)(C)C)CC(C(=O)OC)C1. The van der Waals surface area contributed by atoms with Crippen LogP contribution in [0.25, 0.3) is 0 Å². The molecule has 0 aromatic carbocycles. The molecule has 19 heavy (non-hydrogen) atoms. The second-order valence-electron chi connectivity index (χ2n) is 6.27. The van der Waals surface area contributed by atoms with E-state index in [1.54, 1.807) is 0 Å². The molecule has 0 aliphatic heterocycles. The predicted molar refractivity (Wildman–Crippen MR) is 72.4 cm³/mol. The van der Waals surface area contributed by atoms with Crippen LogP contribution in [0, 0.1) is 11.8 Å². The van der Waals surface area contributed by atoms with Crippen LogP contribution in [0.15, 0.2) is 12.2 Å². The summed E-state index contributed by atoms with van der Waals surface area (Å²) in [6, 6.07) is 0. The van der Waals surface area contributed by atoms with Gasteiger partial charge in [-0.3, -0.25) is 9.59 Å². The molecular formula is C15H24O4. The minimum Gasteiger partial charge on any atom is -0.469 e. The van der Waals surface area contributed by atoms with Crippen LogP contribution in [-0.4, -0.2) is 24.6 Å². The molecule has 0 amide bonds. The molecule has 1 fully saturated rings. The highest BCUT2D eigenvalue weighted by molar-refractivity contribution is 5.73. The van der Waals surface area contributed by atoms with Gasteiger partial charge in [0.25, 0.3) is 0 Å². The van der Waals surface area contributed by atoms with Gasteiger partial charge in [-0.15, -0.1) is 0 Å². The van der Waals surface area contributed by atoms with E-state index in [1.807, 2.05) is 20.8 Å². The van der Waals surface area contributed by atoms with Crippen molar-refractivity contribution in [2.45, 2.75) is 52.1 Å². The summed E-state index contributed by atoms with van der Waals surface area (Å²) in [7, 11) is 1.39. The lowest BCUT2D eigenvalue weighted by molar-refractivity contribution is -0.157. The minimum absolute atomic E-state index is 0.125. The maximum atomic E-state index is 11.8. The van der Waals surface area contributed by atoms with Gasteiger partial charge in [-0.1, -0.05) is 12.2 Å². The Kier molecular flexibility index (Phi) is 5.15. The minimum atomic E-state index is -0.468. The van der Waals surface area contributed by atoms with Gasteiger partial charge in [0.05, 0.1) is 13.0 Å². The number of methoxy groups -OCH3 is 1. The Balaban J connectivity index is 2.56. The zero-order valence-corrected chi connectivity index (χ0v) is 12.3. The molecule has 0 bridgehead atoms. The first kappa shape index (κ1) is 15.7. The zero-order valence-electron chi connectivity index (χ0n) is 12.3. The van der Waals surface area contributed by atoms with E-state index in [1.165, 1.54) is 7.11 Å². The molecule has 0 heterocycles. The van der Waals surface area contributed by atoms with Gasteiger partial charge < -0.3 is 9.47 Å². The van der Waals surface area contributed by atoms with Gasteiger partial charge in [0.15, 0.2) is 0 Å². The van der Waals surface area contributed by atoms with Crippen LogP contribution in [0.1, 0.15) is 46.5 Å². The number of ether oxygens (including phenoxy) is 2. The van der Waals surface area contributed by atoms with Gasteiger partial charge in [-0.05, 0) is 46.0 Å². The highest BCUT2D eigenvalue weighted by Gasteiger charge is 2.31. The van der Waals surface area contributed by atoms with Gasteiger partial charge in [0.1, 0.15) is 5.60 Å². The molecule has 0 aromatic heterocycles. The largest absolute Gasteiger partial charge is 0.469 e. The smallest absolute Gasteiger partial charge is 0.308 e. The van der Waals surface area contributed by atoms with Crippen LogP contribution in [-0.2, 0) is 19.1 Å². The molecular weight excluding hydrogens is 244 g/mol. The molecule has 0 aromatic rings. The Hall–Kier alpha value is -1.32. The van der Waals surface area contributed by atoms with E-state index >= 15 is 0 Å². The maximum absolute atomic E-state index is 11.8. The highest BCUT2D eigenvalue weighted by atomic mass is 16.6. The van der Waals surface area contributed by atoms with Crippen LogP contribution in [0.5, 0.6) is 0 Å². The number of hydrogen-bond acceptors (Lipinski definition) is 4. The van der Waals surface area contributed by atoms with Gasteiger partial charge >= 0.3 is 11.9 Å². The molecule has 1 rings (SSSR count). The molecule has 2 unspecified atom stereocenters. The number of allylic oxidation sites excluding steroid dienone is 1. The van der Waals surface area contributed by atoms with Gasteiger partial charge in [0, 0.05) is 6.42 Å². The van der Waals surface area contributed by atoms with E-state index in [9.17, 15) is 9.59 Å². The first-order valence-corrected chi connectivity index (χ1v) is 6.67. The summed E-state index contributed by atoms with van der Waals surface area (Å²) in [4.78, 5) is 23.4. The third-order valence-corrected chi connectivity index (χ3v) is 3.14. The number of rotatable bonds is 3. The highest BCUT2D eigenvalue weighted by Crippen LogP contribution is 2.35. The summed E-state index contributed by atoms with van der Waals surface area (Å²) in [6.45, 7) is 9.50. The summed E-state index contributed by atoms with van der Waals surface area (Å²) in [5, 5.41) is 0. The van der Waals surface area contributed by atoms with Crippen molar-refractivity contribution in [2.24, 2.45) is 11.8 Å². The van der Waals surface area contributed by atoms with Crippen molar-refractivity contribution in [2.75, 3.05) is 7.11 Å². The predicted octanol–water partition coefficient (Wildman–Crippen LogP) is 2.86. The normalized spacial score (nSPS) is 23.9. The Labute approximate surface area is 115 Å². The van der Waals surface area contributed by atoms with E-state index in [-0.39, 0.29) is 23.8 Å². The topological polar surface area (TPSA) is 52.6 Å². The molecule has 0 N–H and O–H groups in total. The summed E-state index contributed by atoms with van der Waals surface area (Å²) in [5.74, 6) is -0.468. The molecule has 4 nitrogen and oxygen atoms in total. The van der Waals surface area contributed by atoms with E-state index in [0.29, 0.717) is 19.3 Å². The number of esters is 2. The van der Waals surface area contributed by atoms with Crippen molar-refractivity contribution in [3.63, 3.8) is 0 Å². The lowest BCUT2D eigenvalue weighted by Crippen LogP contribution is -2.29. The average molecular weight is 268 g/mol. The van der Waals surface area contributed by atoms with Crippen molar-refractivity contribution in [3.05, 3.63) is 12.2 Å². The van der Waals surface area contributed by atoms with Crippen molar-refractivity contribution >= 4 is 11.9 Å². The van der Waals surface area contributed by atoms with Crippen molar-refractivity contribution in [1.82, 2.24) is 0 Å². The van der Waals surface area contributed by atoms with Crippen molar-refractivity contribution < 1.29 is 19.1 Å². The summed E-state index contributed by atoms with van der Waals surface area (Å²) in [5.41, 5.74) is 0.542. The first-order valence-electron chi connectivity index (χ1n) is 6.67. The molecule has 0 radical (unpaired) electrons. The molecule has 4 heteroatoms. The number of hydrogen-bond donors (Lipinski definition) is 0. The lowest BCUT2D eigenvalue weighted by Gasteiger charge is -2.29. The van der Waals surface area contributed by atoms with Crippen LogP contribution in [0.2, 0.25) is 0 Å². The molecule has 1 aliphatic rings. The maximum Gasteiger partial charge on any atom is 0.308 e. The Morgan fingerprint density at radius 2 is 1.95 bits per heavy atom. The third kappa shape index (κ3) is 5.45. The summed E-state index contributed by atoms with van der Waals surface area (Å²) < 4.78 is 10.1. The van der Waals surface area contributed by atoms with Crippen LogP contribution >= 0.6 is 0 Å². The quantitative estimate of drug-likeness (QED) is 0.583. The molecule has 2 atom stereocenters. The van der Waals surface area contributed by atoms with Gasteiger partial charge in [-0.25, -0.2) is 0 Å². The van der Waals surface area contributed by atoms with E-state index in [2.05, 4.69) is 6.58 Å². The lowest BCUT2D eigenvalue weighted by atomic mass is 9.77. The van der Waals surface area contributed by atoms with E-state index in [4.69, 9.17) is 9.47 Å². The fraction of sp³-hybridized carbons (Fsp3) is 0.733. The molecule has 108 valence electrons. The molecule has 1 aliphatic carbocycles. The zero-order chi connectivity index (χ0) is 14.6.